The molecule has 0 unspecified atom stereocenters. The third-order valence-electron chi connectivity index (χ3n) is 2.80. The van der Waals surface area contributed by atoms with Gasteiger partial charge in [0.05, 0.1) is 0 Å². The van der Waals surface area contributed by atoms with Gasteiger partial charge in [-0.25, -0.2) is 8.78 Å². The Kier molecular flexibility index (Phi) is 4.29. The van der Waals surface area contributed by atoms with E-state index in [4.69, 9.17) is 5.53 Å². The SMILES string of the molecule is CC(F)(F)[C@H]1CCCN(CCN=[N+]=[N-])C1. The molecule has 0 aromatic heterocycles. The standard InChI is InChI=1S/C9H16F2N4/c1-9(10,11)8-3-2-5-15(7-8)6-4-13-14-12/h8H,2-7H2,1H3/t8-/m0/s1. The van der Waals surface area contributed by atoms with E-state index in [2.05, 4.69) is 10.0 Å². The van der Waals surface area contributed by atoms with Gasteiger partial charge in [0.15, 0.2) is 0 Å². The summed E-state index contributed by atoms with van der Waals surface area (Å²) >= 11 is 0. The van der Waals surface area contributed by atoms with Gasteiger partial charge in [-0.2, -0.15) is 0 Å². The number of alkyl halides is 2. The molecule has 1 fully saturated rings. The minimum atomic E-state index is -2.60. The van der Waals surface area contributed by atoms with Crippen molar-refractivity contribution >= 4 is 0 Å². The van der Waals surface area contributed by atoms with Crippen LogP contribution in [0.2, 0.25) is 0 Å². The van der Waals surface area contributed by atoms with Crippen LogP contribution in [0.5, 0.6) is 0 Å². The fourth-order valence-electron chi connectivity index (χ4n) is 1.90. The van der Waals surface area contributed by atoms with Crippen molar-refractivity contribution in [2.24, 2.45) is 11.0 Å². The molecule has 86 valence electrons. The highest BCUT2D eigenvalue weighted by molar-refractivity contribution is 4.81. The minimum Gasteiger partial charge on any atom is -0.303 e. The zero-order valence-electron chi connectivity index (χ0n) is 8.86. The molecule has 0 spiro atoms. The van der Waals surface area contributed by atoms with Gasteiger partial charge in [0.1, 0.15) is 0 Å². The normalized spacial score (nSPS) is 23.5. The van der Waals surface area contributed by atoms with Crippen molar-refractivity contribution in [2.75, 3.05) is 26.2 Å². The number of azide groups is 1. The van der Waals surface area contributed by atoms with Gasteiger partial charge in [0.2, 0.25) is 5.92 Å². The average molecular weight is 218 g/mol. The molecule has 1 heterocycles. The second-order valence-electron chi connectivity index (χ2n) is 4.05. The molecule has 1 saturated heterocycles. The zero-order chi connectivity index (χ0) is 11.3. The maximum atomic E-state index is 13.1. The summed E-state index contributed by atoms with van der Waals surface area (Å²) in [5, 5.41) is 3.40. The van der Waals surface area contributed by atoms with Crippen molar-refractivity contribution < 1.29 is 8.78 Å². The monoisotopic (exact) mass is 218 g/mol. The van der Waals surface area contributed by atoms with E-state index < -0.39 is 11.8 Å². The zero-order valence-corrected chi connectivity index (χ0v) is 8.86. The lowest BCUT2D eigenvalue weighted by Gasteiger charge is -2.35. The van der Waals surface area contributed by atoms with Crippen LogP contribution < -0.4 is 0 Å². The first kappa shape index (κ1) is 12.2. The molecule has 1 atom stereocenters. The number of rotatable bonds is 4. The third kappa shape index (κ3) is 4.01. The molecule has 15 heavy (non-hydrogen) atoms. The van der Waals surface area contributed by atoms with Crippen LogP contribution in [0.4, 0.5) is 8.78 Å². The summed E-state index contributed by atoms with van der Waals surface area (Å²) < 4.78 is 26.1. The number of likely N-dealkylation sites (tertiary alicyclic amines) is 1. The fourth-order valence-corrected chi connectivity index (χ4v) is 1.90. The molecule has 4 nitrogen and oxygen atoms in total. The van der Waals surface area contributed by atoms with E-state index in [0.717, 1.165) is 19.9 Å². The molecule has 1 rings (SSSR count). The molecule has 1 aliphatic rings. The van der Waals surface area contributed by atoms with Crippen LogP contribution in [-0.2, 0) is 0 Å². The molecular formula is C9H16F2N4. The molecule has 0 aliphatic carbocycles. The highest BCUT2D eigenvalue weighted by Crippen LogP contribution is 2.31. The average Bonchev–Trinajstić information content (AvgIpc) is 2.17. The Balaban J connectivity index is 2.38. The largest absolute Gasteiger partial charge is 0.303 e. The predicted octanol–water partition coefficient (Wildman–Crippen LogP) is 2.66. The molecule has 0 saturated carbocycles. The van der Waals surface area contributed by atoms with Crippen LogP contribution >= 0.6 is 0 Å². The smallest absolute Gasteiger partial charge is 0.249 e. The molecule has 0 aromatic rings. The lowest BCUT2D eigenvalue weighted by Crippen LogP contribution is -2.43. The molecule has 0 N–H and O–H groups in total. The first-order chi connectivity index (χ1) is 7.04. The topological polar surface area (TPSA) is 52.0 Å². The molecule has 0 bridgehead atoms. The predicted molar refractivity (Wildman–Crippen MR) is 53.8 cm³/mol. The van der Waals surface area contributed by atoms with E-state index in [1.807, 2.05) is 4.90 Å². The van der Waals surface area contributed by atoms with E-state index in [1.165, 1.54) is 0 Å². The number of piperidine rings is 1. The van der Waals surface area contributed by atoms with Gasteiger partial charge in [-0.1, -0.05) is 5.11 Å². The van der Waals surface area contributed by atoms with E-state index >= 15 is 0 Å². The summed E-state index contributed by atoms with van der Waals surface area (Å²) in [5.41, 5.74) is 8.10. The summed E-state index contributed by atoms with van der Waals surface area (Å²) in [6, 6.07) is 0. The van der Waals surface area contributed by atoms with Crippen LogP contribution in [0, 0.1) is 5.92 Å². The third-order valence-corrected chi connectivity index (χ3v) is 2.80. The minimum absolute atomic E-state index is 0.360. The van der Waals surface area contributed by atoms with Gasteiger partial charge in [0.25, 0.3) is 0 Å². The number of hydrogen-bond donors (Lipinski definition) is 0. The van der Waals surface area contributed by atoms with Gasteiger partial charge in [-0.15, -0.1) is 0 Å². The van der Waals surface area contributed by atoms with E-state index in [0.29, 0.717) is 26.1 Å². The highest BCUT2D eigenvalue weighted by atomic mass is 19.3. The Bertz CT molecular complexity index is 245. The molecule has 6 heteroatoms. The van der Waals surface area contributed by atoms with Crippen molar-refractivity contribution in [1.82, 2.24) is 4.90 Å². The first-order valence-electron chi connectivity index (χ1n) is 5.15. The van der Waals surface area contributed by atoms with Crippen molar-refractivity contribution in [3.8, 4) is 0 Å². The Hall–Kier alpha value is -0.870. The number of nitrogens with zero attached hydrogens (tertiary/aromatic N) is 4. The first-order valence-corrected chi connectivity index (χ1v) is 5.15. The molecule has 0 amide bonds. The van der Waals surface area contributed by atoms with E-state index in [9.17, 15) is 8.78 Å². The van der Waals surface area contributed by atoms with Crippen molar-refractivity contribution in [3.63, 3.8) is 0 Å². The van der Waals surface area contributed by atoms with E-state index in [1.54, 1.807) is 0 Å². The molecule has 0 aromatic carbocycles. The summed E-state index contributed by atoms with van der Waals surface area (Å²) in [5.74, 6) is -3.16. The number of hydrogen-bond acceptors (Lipinski definition) is 2. The van der Waals surface area contributed by atoms with Crippen LogP contribution in [0.3, 0.4) is 0 Å². The molecule has 0 radical (unpaired) electrons. The molecule has 1 aliphatic heterocycles. The molecular weight excluding hydrogens is 202 g/mol. The Morgan fingerprint density at radius 2 is 2.33 bits per heavy atom. The lowest BCUT2D eigenvalue weighted by atomic mass is 9.93. The second kappa shape index (κ2) is 5.28. The van der Waals surface area contributed by atoms with Crippen LogP contribution in [0.15, 0.2) is 5.11 Å². The van der Waals surface area contributed by atoms with Gasteiger partial charge in [-0.3, -0.25) is 0 Å². The maximum Gasteiger partial charge on any atom is 0.249 e. The second-order valence-corrected chi connectivity index (χ2v) is 4.05. The summed E-state index contributed by atoms with van der Waals surface area (Å²) in [7, 11) is 0. The quantitative estimate of drug-likeness (QED) is 0.406. The maximum absolute atomic E-state index is 13.1. The lowest BCUT2D eigenvalue weighted by molar-refractivity contribution is -0.0657. The van der Waals surface area contributed by atoms with Crippen molar-refractivity contribution in [1.29, 1.82) is 0 Å². The van der Waals surface area contributed by atoms with Gasteiger partial charge < -0.3 is 4.90 Å². The summed E-state index contributed by atoms with van der Waals surface area (Å²) in [4.78, 5) is 4.58. The van der Waals surface area contributed by atoms with Crippen molar-refractivity contribution in [3.05, 3.63) is 10.4 Å². The van der Waals surface area contributed by atoms with Crippen molar-refractivity contribution in [2.45, 2.75) is 25.7 Å². The summed E-state index contributed by atoms with van der Waals surface area (Å²) in [6.45, 7) is 3.15. The number of halogens is 2. The van der Waals surface area contributed by atoms with E-state index in [-0.39, 0.29) is 0 Å². The van der Waals surface area contributed by atoms with Gasteiger partial charge in [-0.05, 0) is 31.8 Å². The Labute approximate surface area is 87.9 Å². The summed E-state index contributed by atoms with van der Waals surface area (Å²) in [6.07, 6.45) is 1.38. The van der Waals surface area contributed by atoms with Crippen LogP contribution in [0.1, 0.15) is 19.8 Å². The Morgan fingerprint density at radius 1 is 1.60 bits per heavy atom. The Morgan fingerprint density at radius 3 is 2.93 bits per heavy atom. The van der Waals surface area contributed by atoms with Gasteiger partial charge in [0, 0.05) is 30.5 Å². The highest BCUT2D eigenvalue weighted by Gasteiger charge is 2.36. The van der Waals surface area contributed by atoms with Crippen LogP contribution in [-0.4, -0.2) is 37.0 Å². The van der Waals surface area contributed by atoms with Gasteiger partial charge >= 0.3 is 0 Å². The fraction of sp³-hybridized carbons (Fsp3) is 1.00. The van der Waals surface area contributed by atoms with Crippen LogP contribution in [0.25, 0.3) is 10.4 Å².